The summed E-state index contributed by atoms with van der Waals surface area (Å²) in [5.41, 5.74) is 0.923. The van der Waals surface area contributed by atoms with Crippen LogP contribution in [0.2, 0.25) is 0 Å². The lowest BCUT2D eigenvalue weighted by atomic mass is 9.94. The first-order valence-corrected chi connectivity index (χ1v) is 8.61. The zero-order valence-electron chi connectivity index (χ0n) is 14.1. The number of hydrogen-bond donors (Lipinski definition) is 0. The van der Waals surface area contributed by atoms with Gasteiger partial charge >= 0.3 is 0 Å². The van der Waals surface area contributed by atoms with Gasteiger partial charge in [-0.1, -0.05) is 0 Å². The smallest absolute Gasteiger partial charge is 0.228 e. The number of hydrogen-bond acceptors (Lipinski definition) is 5. The van der Waals surface area contributed by atoms with Gasteiger partial charge in [0.2, 0.25) is 5.91 Å². The van der Waals surface area contributed by atoms with Crippen molar-refractivity contribution in [2.75, 3.05) is 37.7 Å². The lowest BCUT2D eigenvalue weighted by Gasteiger charge is -2.32. The maximum atomic E-state index is 12.8. The van der Waals surface area contributed by atoms with Crippen LogP contribution in [0, 0.1) is 12.8 Å². The van der Waals surface area contributed by atoms with Crippen molar-refractivity contribution < 1.29 is 9.53 Å². The maximum Gasteiger partial charge on any atom is 0.228 e. The van der Waals surface area contributed by atoms with Crippen LogP contribution in [0.25, 0.3) is 0 Å². The quantitative estimate of drug-likeness (QED) is 0.830. The maximum absolute atomic E-state index is 12.8. The molecule has 0 bridgehead atoms. The van der Waals surface area contributed by atoms with Crippen molar-refractivity contribution in [1.82, 2.24) is 15.1 Å². The molecule has 126 valence electrons. The first-order valence-electron chi connectivity index (χ1n) is 8.61. The second kappa shape index (κ2) is 7.25. The number of amides is 1. The number of carbonyl (C=O) groups excluding carboxylic acids is 1. The van der Waals surface area contributed by atoms with Gasteiger partial charge in [0, 0.05) is 32.8 Å². The van der Waals surface area contributed by atoms with Crippen molar-refractivity contribution in [3.8, 4) is 0 Å². The molecule has 1 amide bonds. The Morgan fingerprint density at radius 2 is 2.04 bits per heavy atom. The molecule has 2 aliphatic heterocycles. The zero-order valence-corrected chi connectivity index (χ0v) is 14.1. The van der Waals surface area contributed by atoms with Crippen LogP contribution in [0.1, 0.15) is 31.9 Å². The van der Waals surface area contributed by atoms with E-state index < -0.39 is 0 Å². The molecular formula is C17H26N4O2. The van der Waals surface area contributed by atoms with Crippen LogP contribution >= 0.6 is 0 Å². The molecule has 2 aliphatic rings. The first-order chi connectivity index (χ1) is 11.1. The summed E-state index contributed by atoms with van der Waals surface area (Å²) < 4.78 is 5.66. The summed E-state index contributed by atoms with van der Waals surface area (Å²) in [4.78, 5) is 17.0. The highest BCUT2D eigenvalue weighted by atomic mass is 16.5. The highest BCUT2D eigenvalue weighted by Gasteiger charge is 2.32. The summed E-state index contributed by atoms with van der Waals surface area (Å²) in [5, 5.41) is 8.40. The van der Waals surface area contributed by atoms with E-state index in [-0.39, 0.29) is 17.9 Å². The molecule has 3 heterocycles. The molecule has 0 saturated carbocycles. The van der Waals surface area contributed by atoms with E-state index >= 15 is 0 Å². The number of anilines is 1. The van der Waals surface area contributed by atoms with E-state index in [1.807, 2.05) is 30.9 Å². The highest BCUT2D eigenvalue weighted by Crippen LogP contribution is 2.23. The summed E-state index contributed by atoms with van der Waals surface area (Å²) in [5.74, 6) is 1.18. The average Bonchev–Trinajstić information content (AvgIpc) is 2.81. The fourth-order valence-corrected chi connectivity index (χ4v) is 3.41. The molecule has 1 aromatic heterocycles. The van der Waals surface area contributed by atoms with Gasteiger partial charge in [0.05, 0.1) is 17.7 Å². The van der Waals surface area contributed by atoms with E-state index in [0.29, 0.717) is 0 Å². The lowest BCUT2D eigenvalue weighted by molar-refractivity contribution is -0.143. The normalized spacial score (nSPS) is 26.0. The van der Waals surface area contributed by atoms with Crippen molar-refractivity contribution in [3.05, 3.63) is 17.8 Å². The molecule has 0 unspecified atom stereocenters. The predicted molar refractivity (Wildman–Crippen MR) is 88.3 cm³/mol. The molecule has 0 spiro atoms. The van der Waals surface area contributed by atoms with Crippen LogP contribution in [-0.4, -0.2) is 59.9 Å². The van der Waals surface area contributed by atoms with Gasteiger partial charge in [-0.3, -0.25) is 4.79 Å². The number of aryl methyl sites for hydroxylation is 1. The predicted octanol–water partition coefficient (Wildman–Crippen LogP) is 1.64. The van der Waals surface area contributed by atoms with E-state index in [9.17, 15) is 4.79 Å². The van der Waals surface area contributed by atoms with Gasteiger partial charge in [-0.05, 0) is 45.2 Å². The fourth-order valence-electron chi connectivity index (χ4n) is 3.41. The summed E-state index contributed by atoms with van der Waals surface area (Å²) >= 11 is 0. The molecule has 0 radical (unpaired) electrons. The molecule has 2 atom stereocenters. The van der Waals surface area contributed by atoms with Gasteiger partial charge in [-0.25, -0.2) is 0 Å². The molecule has 1 aromatic rings. The molecule has 6 heteroatoms. The minimum absolute atomic E-state index is 0.0227. The molecule has 2 saturated heterocycles. The van der Waals surface area contributed by atoms with E-state index in [0.717, 1.165) is 63.6 Å². The topological polar surface area (TPSA) is 58.6 Å². The van der Waals surface area contributed by atoms with Crippen LogP contribution in [0.5, 0.6) is 0 Å². The van der Waals surface area contributed by atoms with Crippen LogP contribution in [-0.2, 0) is 9.53 Å². The first kappa shape index (κ1) is 16.2. The van der Waals surface area contributed by atoms with Crippen LogP contribution in [0.4, 0.5) is 5.82 Å². The zero-order chi connectivity index (χ0) is 16.2. The Bertz CT molecular complexity index is 534. The average molecular weight is 318 g/mol. The monoisotopic (exact) mass is 318 g/mol. The Balaban J connectivity index is 1.61. The molecule has 0 aliphatic carbocycles. The third-order valence-corrected chi connectivity index (χ3v) is 4.84. The molecule has 0 aromatic carbocycles. The summed E-state index contributed by atoms with van der Waals surface area (Å²) in [7, 11) is 0. The number of ether oxygens (including phenoxy) is 1. The molecular weight excluding hydrogens is 292 g/mol. The van der Waals surface area contributed by atoms with Crippen LogP contribution in [0.15, 0.2) is 12.1 Å². The molecule has 0 N–H and O–H groups in total. The molecule has 6 nitrogen and oxygen atoms in total. The van der Waals surface area contributed by atoms with Crippen LogP contribution < -0.4 is 4.90 Å². The van der Waals surface area contributed by atoms with Gasteiger partial charge in [-0.15, -0.1) is 5.10 Å². The van der Waals surface area contributed by atoms with Gasteiger partial charge in [0.15, 0.2) is 5.82 Å². The molecule has 2 fully saturated rings. The van der Waals surface area contributed by atoms with E-state index in [1.165, 1.54) is 0 Å². The Kier molecular flexibility index (Phi) is 5.10. The van der Waals surface area contributed by atoms with Crippen molar-refractivity contribution >= 4 is 11.7 Å². The summed E-state index contributed by atoms with van der Waals surface area (Å²) in [6, 6.07) is 3.99. The third kappa shape index (κ3) is 3.80. The SMILES string of the molecule is Cc1ccc(N2CCCN(C(=O)[C@H]3CCCO[C@@H]3C)CC2)nn1. The minimum Gasteiger partial charge on any atom is -0.378 e. The lowest BCUT2D eigenvalue weighted by Crippen LogP contribution is -2.44. The Hall–Kier alpha value is -1.69. The number of rotatable bonds is 2. The minimum atomic E-state index is 0.0227. The van der Waals surface area contributed by atoms with Gasteiger partial charge < -0.3 is 14.5 Å². The van der Waals surface area contributed by atoms with Gasteiger partial charge in [0.25, 0.3) is 0 Å². The van der Waals surface area contributed by atoms with Crippen molar-refractivity contribution in [2.24, 2.45) is 5.92 Å². The standard InChI is InChI=1S/C17H26N4O2/c1-13-6-7-16(19-18-13)20-8-4-9-21(11-10-20)17(22)15-5-3-12-23-14(15)2/h6-7,14-15H,3-5,8-12H2,1-2H3/t14-,15+/m1/s1. The largest absolute Gasteiger partial charge is 0.378 e. The fraction of sp³-hybridized carbons (Fsp3) is 0.706. The van der Waals surface area contributed by atoms with E-state index in [4.69, 9.17) is 4.74 Å². The van der Waals surface area contributed by atoms with Crippen molar-refractivity contribution in [3.63, 3.8) is 0 Å². The molecule has 3 rings (SSSR count). The highest BCUT2D eigenvalue weighted by molar-refractivity contribution is 5.79. The molecule has 23 heavy (non-hydrogen) atoms. The van der Waals surface area contributed by atoms with Crippen molar-refractivity contribution in [2.45, 2.75) is 39.2 Å². The summed E-state index contributed by atoms with van der Waals surface area (Å²) in [6.07, 6.45) is 2.94. The number of nitrogens with zero attached hydrogens (tertiary/aromatic N) is 4. The number of aromatic nitrogens is 2. The van der Waals surface area contributed by atoms with Gasteiger partial charge in [0.1, 0.15) is 0 Å². The van der Waals surface area contributed by atoms with E-state index in [1.54, 1.807) is 0 Å². The Morgan fingerprint density at radius 3 is 2.78 bits per heavy atom. The second-order valence-electron chi connectivity index (χ2n) is 6.52. The Labute approximate surface area is 137 Å². The van der Waals surface area contributed by atoms with Crippen molar-refractivity contribution in [1.29, 1.82) is 0 Å². The van der Waals surface area contributed by atoms with Crippen LogP contribution in [0.3, 0.4) is 0 Å². The van der Waals surface area contributed by atoms with Gasteiger partial charge in [-0.2, -0.15) is 5.10 Å². The Morgan fingerprint density at radius 1 is 1.17 bits per heavy atom. The summed E-state index contributed by atoms with van der Waals surface area (Å²) in [6.45, 7) is 8.03. The second-order valence-corrected chi connectivity index (χ2v) is 6.52. The van der Waals surface area contributed by atoms with E-state index in [2.05, 4.69) is 15.1 Å². The number of carbonyl (C=O) groups is 1. The third-order valence-electron chi connectivity index (χ3n) is 4.84.